The molecular weight excluding hydrogens is 240 g/mol. The molecule has 0 aliphatic rings. The zero-order valence-electron chi connectivity index (χ0n) is 11.1. The summed E-state index contributed by atoms with van der Waals surface area (Å²) < 4.78 is 5.34. The van der Waals surface area contributed by atoms with Crippen LogP contribution in [0.3, 0.4) is 0 Å². The summed E-state index contributed by atoms with van der Waals surface area (Å²) in [6.07, 6.45) is 1.49. The second kappa shape index (κ2) is 5.36. The van der Waals surface area contributed by atoms with Gasteiger partial charge >= 0.3 is 0 Å². The lowest BCUT2D eigenvalue weighted by Crippen LogP contribution is -2.00. The van der Waals surface area contributed by atoms with E-state index in [4.69, 9.17) is 10.00 Å². The predicted octanol–water partition coefficient (Wildman–Crippen LogP) is 2.37. The van der Waals surface area contributed by atoms with E-state index in [2.05, 4.69) is 21.4 Å². The second-order valence-corrected chi connectivity index (χ2v) is 3.97. The molecule has 1 N–H and O–H groups in total. The first kappa shape index (κ1) is 12.8. The van der Waals surface area contributed by atoms with Gasteiger partial charge in [-0.25, -0.2) is 9.97 Å². The minimum Gasteiger partial charge on any atom is -0.496 e. The summed E-state index contributed by atoms with van der Waals surface area (Å²) in [6, 6.07) is 7.39. The number of methoxy groups -OCH3 is 1. The molecule has 0 bridgehead atoms. The highest BCUT2D eigenvalue weighted by molar-refractivity contribution is 5.74. The maximum atomic E-state index is 9.01. The van der Waals surface area contributed by atoms with Gasteiger partial charge in [-0.1, -0.05) is 0 Å². The van der Waals surface area contributed by atoms with Gasteiger partial charge in [0.1, 0.15) is 17.9 Å². The number of rotatable bonds is 3. The fourth-order valence-corrected chi connectivity index (χ4v) is 1.94. The summed E-state index contributed by atoms with van der Waals surface area (Å²) in [6.45, 7) is 1.93. The first-order valence-electron chi connectivity index (χ1n) is 5.79. The first-order chi connectivity index (χ1) is 9.21. The lowest BCUT2D eigenvalue weighted by molar-refractivity contribution is 0.416. The summed E-state index contributed by atoms with van der Waals surface area (Å²) >= 11 is 0. The second-order valence-electron chi connectivity index (χ2n) is 3.97. The topological polar surface area (TPSA) is 70.8 Å². The zero-order valence-corrected chi connectivity index (χ0v) is 11.1. The molecule has 0 unspecified atom stereocenters. The summed E-state index contributed by atoms with van der Waals surface area (Å²) in [7, 11) is 3.41. The van der Waals surface area contributed by atoms with Gasteiger partial charge in [-0.2, -0.15) is 5.26 Å². The number of aromatic nitrogens is 2. The van der Waals surface area contributed by atoms with Crippen LogP contribution in [0, 0.1) is 18.3 Å². The third-order valence-electron chi connectivity index (χ3n) is 2.90. The van der Waals surface area contributed by atoms with Gasteiger partial charge in [0.25, 0.3) is 0 Å². The molecule has 0 radical (unpaired) electrons. The molecule has 1 aromatic heterocycles. The van der Waals surface area contributed by atoms with Crippen molar-refractivity contribution in [3.8, 4) is 23.1 Å². The minimum absolute atomic E-state index is 0.569. The molecule has 0 aliphatic heterocycles. The van der Waals surface area contributed by atoms with Crippen LogP contribution in [-0.2, 0) is 0 Å². The number of ether oxygens (including phenoxy) is 1. The summed E-state index contributed by atoms with van der Waals surface area (Å²) in [4.78, 5) is 8.45. The average Bonchev–Trinajstić information content (AvgIpc) is 2.47. The van der Waals surface area contributed by atoms with Gasteiger partial charge in [0.2, 0.25) is 0 Å². The highest BCUT2D eigenvalue weighted by Crippen LogP contribution is 2.32. The van der Waals surface area contributed by atoms with Crippen LogP contribution in [0.15, 0.2) is 24.5 Å². The largest absolute Gasteiger partial charge is 0.496 e. The van der Waals surface area contributed by atoms with Crippen molar-refractivity contribution in [1.29, 1.82) is 5.26 Å². The SMILES string of the molecule is CNc1ncnc(-c2cc(C#N)ccc2OC)c1C. The number of hydrogen-bond acceptors (Lipinski definition) is 5. The fraction of sp³-hybridized carbons (Fsp3) is 0.214. The molecule has 0 atom stereocenters. The smallest absolute Gasteiger partial charge is 0.132 e. The van der Waals surface area contributed by atoms with E-state index in [1.165, 1.54) is 6.33 Å². The van der Waals surface area contributed by atoms with E-state index >= 15 is 0 Å². The van der Waals surface area contributed by atoms with E-state index in [1.807, 2.05) is 14.0 Å². The number of nitrogens with one attached hydrogen (secondary N) is 1. The van der Waals surface area contributed by atoms with Crippen LogP contribution in [0.5, 0.6) is 5.75 Å². The van der Waals surface area contributed by atoms with Gasteiger partial charge in [0, 0.05) is 18.2 Å². The quantitative estimate of drug-likeness (QED) is 0.910. The third-order valence-corrected chi connectivity index (χ3v) is 2.90. The van der Waals surface area contributed by atoms with E-state index in [1.54, 1.807) is 25.3 Å². The lowest BCUT2D eigenvalue weighted by atomic mass is 10.0. The number of nitrogens with zero attached hydrogens (tertiary/aromatic N) is 3. The van der Waals surface area contributed by atoms with Gasteiger partial charge < -0.3 is 10.1 Å². The van der Waals surface area contributed by atoms with Gasteiger partial charge in [-0.05, 0) is 25.1 Å². The molecule has 2 rings (SSSR count). The molecule has 0 saturated heterocycles. The monoisotopic (exact) mass is 254 g/mol. The Balaban J connectivity index is 2.67. The van der Waals surface area contributed by atoms with Crippen molar-refractivity contribution in [2.45, 2.75) is 6.92 Å². The molecule has 96 valence electrons. The maximum Gasteiger partial charge on any atom is 0.132 e. The normalized spacial score (nSPS) is 9.79. The molecule has 0 spiro atoms. The Morgan fingerprint density at radius 2 is 2.11 bits per heavy atom. The van der Waals surface area contributed by atoms with Crippen molar-refractivity contribution in [3.63, 3.8) is 0 Å². The number of anilines is 1. The molecular formula is C14H14N4O. The van der Waals surface area contributed by atoms with Crippen molar-refractivity contribution < 1.29 is 4.74 Å². The fourth-order valence-electron chi connectivity index (χ4n) is 1.94. The van der Waals surface area contributed by atoms with Crippen molar-refractivity contribution in [2.24, 2.45) is 0 Å². The average molecular weight is 254 g/mol. The van der Waals surface area contributed by atoms with Crippen molar-refractivity contribution in [3.05, 3.63) is 35.7 Å². The maximum absolute atomic E-state index is 9.01. The summed E-state index contributed by atoms with van der Waals surface area (Å²) in [5.41, 5.74) is 3.03. The number of benzene rings is 1. The Kier molecular flexibility index (Phi) is 3.62. The lowest BCUT2D eigenvalue weighted by Gasteiger charge is -2.12. The van der Waals surface area contributed by atoms with Crippen LogP contribution in [0.2, 0.25) is 0 Å². The van der Waals surface area contributed by atoms with Crippen LogP contribution >= 0.6 is 0 Å². The van der Waals surface area contributed by atoms with Crippen molar-refractivity contribution >= 4 is 5.82 Å². The third kappa shape index (κ3) is 2.33. The van der Waals surface area contributed by atoms with Crippen molar-refractivity contribution in [2.75, 3.05) is 19.5 Å². The van der Waals surface area contributed by atoms with E-state index in [0.717, 1.165) is 22.6 Å². The van der Waals surface area contributed by atoms with Gasteiger partial charge in [0.05, 0.1) is 24.4 Å². The molecule has 0 amide bonds. The van der Waals surface area contributed by atoms with E-state index in [-0.39, 0.29) is 0 Å². The predicted molar refractivity (Wildman–Crippen MR) is 73.0 cm³/mol. The summed E-state index contributed by atoms with van der Waals surface area (Å²) in [5.74, 6) is 1.44. The van der Waals surface area contributed by atoms with E-state index in [9.17, 15) is 0 Å². The van der Waals surface area contributed by atoms with Crippen molar-refractivity contribution in [1.82, 2.24) is 9.97 Å². The highest BCUT2D eigenvalue weighted by Gasteiger charge is 2.13. The van der Waals surface area contributed by atoms with Crippen LogP contribution in [0.4, 0.5) is 5.82 Å². The Morgan fingerprint density at radius 1 is 1.32 bits per heavy atom. The molecule has 1 aromatic carbocycles. The molecule has 5 heteroatoms. The van der Waals surface area contributed by atoms with Crippen LogP contribution in [-0.4, -0.2) is 24.1 Å². The Bertz CT molecular complexity index is 646. The van der Waals surface area contributed by atoms with Gasteiger partial charge in [-0.15, -0.1) is 0 Å². The van der Waals surface area contributed by atoms with E-state index < -0.39 is 0 Å². The Hall–Kier alpha value is -2.61. The zero-order chi connectivity index (χ0) is 13.8. The molecule has 0 saturated carbocycles. The number of nitriles is 1. The van der Waals surface area contributed by atoms with Crippen LogP contribution in [0.1, 0.15) is 11.1 Å². The minimum atomic E-state index is 0.569. The van der Waals surface area contributed by atoms with Crippen LogP contribution < -0.4 is 10.1 Å². The van der Waals surface area contributed by atoms with Gasteiger partial charge in [0.15, 0.2) is 0 Å². The van der Waals surface area contributed by atoms with Crippen LogP contribution in [0.25, 0.3) is 11.3 Å². The molecule has 0 fully saturated rings. The first-order valence-corrected chi connectivity index (χ1v) is 5.79. The van der Waals surface area contributed by atoms with Gasteiger partial charge in [-0.3, -0.25) is 0 Å². The van der Waals surface area contributed by atoms with E-state index in [0.29, 0.717) is 11.3 Å². The molecule has 1 heterocycles. The molecule has 5 nitrogen and oxygen atoms in total. The molecule has 2 aromatic rings. The molecule has 0 aliphatic carbocycles. The highest BCUT2D eigenvalue weighted by atomic mass is 16.5. The number of hydrogen-bond donors (Lipinski definition) is 1. The standard InChI is InChI=1S/C14H14N4O/c1-9-13(17-8-18-14(9)16-2)11-6-10(7-15)4-5-12(11)19-3/h4-6,8H,1-3H3,(H,16,17,18). The Morgan fingerprint density at radius 3 is 2.74 bits per heavy atom. The summed E-state index contributed by atoms with van der Waals surface area (Å²) in [5, 5.41) is 12.0. The molecule has 19 heavy (non-hydrogen) atoms. The Labute approximate surface area is 111 Å².